The van der Waals surface area contributed by atoms with Gasteiger partial charge in [-0.15, -0.1) is 0 Å². The molecule has 2 unspecified atom stereocenters. The maximum Gasteiger partial charge on any atom is 0.209 e. The van der Waals surface area contributed by atoms with Crippen LogP contribution >= 0.6 is 9.24 Å². The molecule has 0 fully saturated rings. The third kappa shape index (κ3) is 4.64. The predicted molar refractivity (Wildman–Crippen MR) is 59.5 cm³/mol. The van der Waals surface area contributed by atoms with Gasteiger partial charge in [0.05, 0.1) is 18.5 Å². The smallest absolute Gasteiger partial charge is 0.209 e. The van der Waals surface area contributed by atoms with Crippen LogP contribution in [0, 0.1) is 0 Å². The minimum atomic E-state index is -3.24. The molecular weight excluding hydrogens is 238 g/mol. The highest BCUT2D eigenvalue weighted by Gasteiger charge is 2.06. The van der Waals surface area contributed by atoms with E-state index in [-0.39, 0.29) is 6.54 Å². The highest BCUT2D eigenvalue weighted by atomic mass is 32.2. The van der Waals surface area contributed by atoms with E-state index in [0.717, 1.165) is 6.26 Å². The summed E-state index contributed by atoms with van der Waals surface area (Å²) in [5.41, 5.74) is 0.948. The number of rotatable bonds is 4. The molecule has 0 aromatic carbocycles. The van der Waals surface area contributed by atoms with Gasteiger partial charge in [0.1, 0.15) is 5.91 Å². The average Bonchev–Trinajstić information content (AvgIpc) is 2.14. The van der Waals surface area contributed by atoms with Crippen LogP contribution < -0.4 is 4.72 Å². The number of alkyl halides is 1. The number of nitrogens with one attached hydrogen (secondary N) is 1. The Kier molecular flexibility index (Phi) is 4.13. The third-order valence-corrected chi connectivity index (χ3v) is 2.73. The van der Waals surface area contributed by atoms with E-state index >= 15 is 0 Å². The summed E-state index contributed by atoms with van der Waals surface area (Å²) in [6, 6.07) is 3.07. The number of hydrogen-bond acceptors (Lipinski definition) is 3. The molecule has 0 saturated heterocycles. The van der Waals surface area contributed by atoms with E-state index in [9.17, 15) is 12.8 Å². The van der Waals surface area contributed by atoms with Crippen LogP contribution in [0.3, 0.4) is 0 Å². The summed E-state index contributed by atoms with van der Waals surface area (Å²) in [5.74, 6) is -1.16. The van der Waals surface area contributed by atoms with Gasteiger partial charge in [0.2, 0.25) is 10.0 Å². The van der Waals surface area contributed by atoms with E-state index in [0.29, 0.717) is 11.3 Å². The van der Waals surface area contributed by atoms with Crippen LogP contribution in [0.1, 0.15) is 17.2 Å². The van der Waals surface area contributed by atoms with Crippen LogP contribution in [-0.2, 0) is 16.6 Å². The molecule has 0 amide bonds. The largest absolute Gasteiger partial charge is 0.260 e. The molecule has 4 nitrogen and oxygen atoms in total. The molecule has 1 N–H and O–H groups in total. The predicted octanol–water partition coefficient (Wildman–Crippen LogP) is 0.974. The second-order valence-electron chi connectivity index (χ2n) is 3.08. The normalized spacial score (nSPS) is 13.8. The molecule has 0 spiro atoms. The number of halogens is 1. The molecule has 84 valence electrons. The van der Waals surface area contributed by atoms with E-state index in [1.54, 1.807) is 6.07 Å². The summed E-state index contributed by atoms with van der Waals surface area (Å²) >= 11 is 0. The van der Waals surface area contributed by atoms with Crippen molar-refractivity contribution in [2.45, 2.75) is 12.5 Å². The first-order valence-corrected chi connectivity index (χ1v) is 6.73. The molecule has 0 aliphatic heterocycles. The lowest BCUT2D eigenvalue weighted by atomic mass is 10.2. The molecule has 15 heavy (non-hydrogen) atoms. The lowest BCUT2D eigenvalue weighted by molar-refractivity contribution is 0.468. The fourth-order valence-electron chi connectivity index (χ4n) is 0.970. The SMILES string of the molecule is CS(=O)(=O)NCc1cc(C(F)P)ccn1. The van der Waals surface area contributed by atoms with Gasteiger partial charge in [-0.1, -0.05) is 9.24 Å². The van der Waals surface area contributed by atoms with Gasteiger partial charge in [-0.3, -0.25) is 4.98 Å². The Morgan fingerprint density at radius 3 is 2.87 bits per heavy atom. The number of hydrogen-bond donors (Lipinski definition) is 1. The Hall–Kier alpha value is -0.580. The maximum absolute atomic E-state index is 12.9. The Balaban J connectivity index is 2.74. The van der Waals surface area contributed by atoms with Crippen molar-refractivity contribution >= 4 is 19.3 Å². The maximum atomic E-state index is 12.9. The van der Waals surface area contributed by atoms with E-state index in [1.807, 2.05) is 9.24 Å². The standard InChI is InChI=1S/C8H12FN2O2PS/c1-15(12,13)11-5-7-4-6(8(9)14)2-3-10-7/h2-4,8,11H,5,14H2,1H3. The Bertz CT molecular complexity index is 436. The van der Waals surface area contributed by atoms with Gasteiger partial charge in [0, 0.05) is 6.20 Å². The summed E-state index contributed by atoms with van der Waals surface area (Å²) in [7, 11) is -1.22. The van der Waals surface area contributed by atoms with Gasteiger partial charge < -0.3 is 0 Å². The Labute approximate surface area is 90.6 Å². The minimum absolute atomic E-state index is 0.0735. The van der Waals surface area contributed by atoms with Crippen LogP contribution in [0.15, 0.2) is 18.3 Å². The van der Waals surface area contributed by atoms with Crippen LogP contribution in [0.4, 0.5) is 4.39 Å². The summed E-state index contributed by atoms with van der Waals surface area (Å²) in [4.78, 5) is 3.92. The van der Waals surface area contributed by atoms with Gasteiger partial charge in [-0.05, 0) is 17.7 Å². The van der Waals surface area contributed by atoms with Crippen molar-refractivity contribution < 1.29 is 12.8 Å². The lowest BCUT2D eigenvalue weighted by Gasteiger charge is -2.05. The molecule has 1 rings (SSSR count). The summed E-state index contributed by atoms with van der Waals surface area (Å²) in [6.45, 7) is 0.0735. The Morgan fingerprint density at radius 1 is 1.67 bits per heavy atom. The quantitative estimate of drug-likeness (QED) is 0.810. The molecule has 0 aliphatic rings. The second-order valence-corrected chi connectivity index (χ2v) is 5.49. The molecule has 1 aromatic heterocycles. The van der Waals surface area contributed by atoms with E-state index < -0.39 is 15.9 Å². The zero-order valence-corrected chi connectivity index (χ0v) is 10.1. The van der Waals surface area contributed by atoms with Crippen LogP contribution in [0.2, 0.25) is 0 Å². The zero-order chi connectivity index (χ0) is 11.5. The van der Waals surface area contributed by atoms with Crippen molar-refractivity contribution in [3.8, 4) is 0 Å². The molecule has 1 heterocycles. The van der Waals surface area contributed by atoms with Gasteiger partial charge in [-0.25, -0.2) is 17.5 Å². The third-order valence-electron chi connectivity index (χ3n) is 1.67. The van der Waals surface area contributed by atoms with Crippen molar-refractivity contribution in [3.05, 3.63) is 29.6 Å². The molecular formula is C8H12FN2O2PS. The number of aromatic nitrogens is 1. The van der Waals surface area contributed by atoms with Crippen molar-refractivity contribution in [3.63, 3.8) is 0 Å². The van der Waals surface area contributed by atoms with Crippen LogP contribution in [0.25, 0.3) is 0 Å². The van der Waals surface area contributed by atoms with E-state index in [4.69, 9.17) is 0 Å². The van der Waals surface area contributed by atoms with Crippen LogP contribution in [-0.4, -0.2) is 19.7 Å². The van der Waals surface area contributed by atoms with Gasteiger partial charge in [0.25, 0.3) is 0 Å². The van der Waals surface area contributed by atoms with Gasteiger partial charge >= 0.3 is 0 Å². The number of pyridine rings is 1. The molecule has 7 heteroatoms. The fraction of sp³-hybridized carbons (Fsp3) is 0.375. The Morgan fingerprint density at radius 2 is 2.33 bits per heavy atom. The van der Waals surface area contributed by atoms with Crippen molar-refractivity contribution in [2.24, 2.45) is 0 Å². The monoisotopic (exact) mass is 250 g/mol. The number of sulfonamides is 1. The zero-order valence-electron chi connectivity index (χ0n) is 8.14. The fourth-order valence-corrected chi connectivity index (χ4v) is 1.59. The summed E-state index contributed by atoms with van der Waals surface area (Å²) < 4.78 is 36.8. The van der Waals surface area contributed by atoms with E-state index in [1.165, 1.54) is 12.3 Å². The van der Waals surface area contributed by atoms with Crippen LogP contribution in [0.5, 0.6) is 0 Å². The van der Waals surface area contributed by atoms with E-state index in [2.05, 4.69) is 9.71 Å². The van der Waals surface area contributed by atoms with Gasteiger partial charge in [0.15, 0.2) is 0 Å². The molecule has 0 saturated carbocycles. The highest BCUT2D eigenvalue weighted by Crippen LogP contribution is 2.23. The first-order chi connectivity index (χ1) is 6.88. The molecule has 2 atom stereocenters. The molecule has 0 bridgehead atoms. The van der Waals surface area contributed by atoms with Crippen molar-refractivity contribution in [1.82, 2.24) is 9.71 Å². The topological polar surface area (TPSA) is 59.1 Å². The average molecular weight is 250 g/mol. The summed E-state index contributed by atoms with van der Waals surface area (Å²) in [5, 5.41) is 0. The second kappa shape index (κ2) is 4.96. The van der Waals surface area contributed by atoms with Crippen molar-refractivity contribution in [1.29, 1.82) is 0 Å². The minimum Gasteiger partial charge on any atom is -0.260 e. The lowest BCUT2D eigenvalue weighted by Crippen LogP contribution is -2.21. The first kappa shape index (κ1) is 12.5. The highest BCUT2D eigenvalue weighted by molar-refractivity contribution is 7.88. The summed E-state index contributed by atoms with van der Waals surface area (Å²) in [6.07, 6.45) is 2.51. The van der Waals surface area contributed by atoms with Crippen molar-refractivity contribution in [2.75, 3.05) is 6.26 Å². The van der Waals surface area contributed by atoms with Gasteiger partial charge in [-0.2, -0.15) is 0 Å². The molecule has 0 aliphatic carbocycles. The molecule has 0 radical (unpaired) electrons. The first-order valence-electron chi connectivity index (χ1n) is 4.17. The number of nitrogens with zero attached hydrogens (tertiary/aromatic N) is 1. The molecule has 1 aromatic rings.